The Labute approximate surface area is 124 Å². The van der Waals surface area contributed by atoms with E-state index in [0.29, 0.717) is 11.8 Å². The minimum absolute atomic E-state index is 0.104. The summed E-state index contributed by atoms with van der Waals surface area (Å²) in [7, 11) is 0. The molecule has 3 heterocycles. The van der Waals surface area contributed by atoms with Crippen molar-refractivity contribution in [3.8, 4) is 11.5 Å². The van der Waals surface area contributed by atoms with E-state index in [9.17, 15) is 0 Å². The zero-order valence-electron chi connectivity index (χ0n) is 13.1. The lowest BCUT2D eigenvalue weighted by molar-refractivity contribution is 0.400. The number of nitrogens with zero attached hydrogens (tertiary/aromatic N) is 3. The summed E-state index contributed by atoms with van der Waals surface area (Å²) in [6, 6.07) is 0. The van der Waals surface area contributed by atoms with Crippen molar-refractivity contribution < 1.29 is 8.94 Å². The highest BCUT2D eigenvalue weighted by Crippen LogP contribution is 2.36. The molecule has 0 radical (unpaired) electrons. The fraction of sp³-hybridized carbons (Fsp3) is 0.600. The molecule has 0 spiro atoms. The maximum Gasteiger partial charge on any atom is 0.266 e. The molecule has 1 aliphatic rings. The molecule has 1 saturated heterocycles. The van der Waals surface area contributed by atoms with Crippen LogP contribution in [-0.4, -0.2) is 36.3 Å². The third kappa shape index (κ3) is 2.68. The molecule has 1 N–H and O–H groups in total. The van der Waals surface area contributed by atoms with Gasteiger partial charge in [0.2, 0.25) is 0 Å². The molecular weight excluding hydrogens is 268 g/mol. The Balaban J connectivity index is 1.95. The number of rotatable bonds is 2. The summed E-state index contributed by atoms with van der Waals surface area (Å²) in [6.45, 7) is 12.0. The number of hydrogen-bond acceptors (Lipinski definition) is 6. The quantitative estimate of drug-likeness (QED) is 0.915. The molecule has 1 aliphatic heterocycles. The lowest BCUT2D eigenvalue weighted by Crippen LogP contribution is -2.44. The van der Waals surface area contributed by atoms with Gasteiger partial charge in [0.25, 0.3) is 11.8 Å². The molecule has 0 saturated carbocycles. The van der Waals surface area contributed by atoms with Crippen LogP contribution in [0.2, 0.25) is 0 Å². The Morgan fingerprint density at radius 2 is 1.95 bits per heavy atom. The van der Waals surface area contributed by atoms with Crippen LogP contribution in [-0.2, 0) is 5.41 Å². The molecule has 0 atom stereocenters. The van der Waals surface area contributed by atoms with E-state index in [4.69, 9.17) is 8.94 Å². The fourth-order valence-electron chi connectivity index (χ4n) is 2.57. The Hall–Kier alpha value is -1.82. The zero-order chi connectivity index (χ0) is 15.0. The van der Waals surface area contributed by atoms with Crippen molar-refractivity contribution in [1.82, 2.24) is 15.5 Å². The number of aryl methyl sites for hydroxylation is 1. The van der Waals surface area contributed by atoms with Crippen molar-refractivity contribution >= 4 is 5.95 Å². The van der Waals surface area contributed by atoms with Crippen LogP contribution in [0.25, 0.3) is 11.5 Å². The molecule has 1 fully saturated rings. The summed E-state index contributed by atoms with van der Waals surface area (Å²) >= 11 is 0. The molecule has 0 amide bonds. The van der Waals surface area contributed by atoms with Gasteiger partial charge in [-0.3, -0.25) is 0 Å². The summed E-state index contributed by atoms with van der Waals surface area (Å²) in [6.07, 6.45) is 1.75. The number of anilines is 1. The topological polar surface area (TPSA) is 67.3 Å². The average Bonchev–Trinajstić information content (AvgIpc) is 3.05. The Bertz CT molecular complexity index is 618. The van der Waals surface area contributed by atoms with Crippen LogP contribution in [0.1, 0.15) is 32.1 Å². The van der Waals surface area contributed by atoms with E-state index < -0.39 is 0 Å². The van der Waals surface area contributed by atoms with Crippen molar-refractivity contribution in [3.05, 3.63) is 17.6 Å². The van der Waals surface area contributed by atoms with Gasteiger partial charge in [-0.15, -0.1) is 0 Å². The lowest BCUT2D eigenvalue weighted by Gasteiger charge is -2.25. The summed E-state index contributed by atoms with van der Waals surface area (Å²) < 4.78 is 11.2. The molecule has 6 heteroatoms. The number of aromatic nitrogens is 2. The van der Waals surface area contributed by atoms with E-state index in [1.165, 1.54) is 0 Å². The summed E-state index contributed by atoms with van der Waals surface area (Å²) in [4.78, 5) is 6.71. The van der Waals surface area contributed by atoms with Crippen LogP contribution in [0.4, 0.5) is 5.95 Å². The van der Waals surface area contributed by atoms with Gasteiger partial charge in [0.1, 0.15) is 5.76 Å². The Kier molecular flexibility index (Phi) is 3.49. The maximum absolute atomic E-state index is 5.72. The number of furan rings is 1. The molecule has 21 heavy (non-hydrogen) atoms. The van der Waals surface area contributed by atoms with Gasteiger partial charge in [-0.1, -0.05) is 20.8 Å². The SMILES string of the molecule is Cc1coc(C(C)(C)C)c1-c1nc(N2CCNCC2)no1. The third-order valence-electron chi connectivity index (χ3n) is 3.69. The van der Waals surface area contributed by atoms with E-state index in [2.05, 4.69) is 41.1 Å². The first-order valence-electron chi connectivity index (χ1n) is 7.35. The highest BCUT2D eigenvalue weighted by atomic mass is 16.5. The van der Waals surface area contributed by atoms with Crippen molar-refractivity contribution in [1.29, 1.82) is 0 Å². The standard InChI is InChI=1S/C15H22N4O2/c1-10-9-20-12(15(2,3)4)11(10)13-17-14(18-21-13)19-7-5-16-6-8-19/h9,16H,5-8H2,1-4H3. The molecular formula is C15H22N4O2. The summed E-state index contributed by atoms with van der Waals surface area (Å²) in [5.74, 6) is 2.09. The van der Waals surface area contributed by atoms with Gasteiger partial charge in [0.15, 0.2) is 0 Å². The fourth-order valence-corrected chi connectivity index (χ4v) is 2.57. The average molecular weight is 290 g/mol. The predicted molar refractivity (Wildman–Crippen MR) is 80.5 cm³/mol. The van der Waals surface area contributed by atoms with Crippen LogP contribution in [0, 0.1) is 6.92 Å². The zero-order valence-corrected chi connectivity index (χ0v) is 13.1. The number of hydrogen-bond donors (Lipinski definition) is 1. The van der Waals surface area contributed by atoms with Crippen molar-refractivity contribution in [3.63, 3.8) is 0 Å². The van der Waals surface area contributed by atoms with Gasteiger partial charge in [-0.2, -0.15) is 4.98 Å². The molecule has 114 valence electrons. The minimum Gasteiger partial charge on any atom is -0.468 e. The Morgan fingerprint density at radius 1 is 1.24 bits per heavy atom. The largest absolute Gasteiger partial charge is 0.468 e. The molecule has 2 aromatic rings. The normalized spacial score (nSPS) is 16.5. The molecule has 0 unspecified atom stereocenters. The monoisotopic (exact) mass is 290 g/mol. The van der Waals surface area contributed by atoms with E-state index >= 15 is 0 Å². The van der Waals surface area contributed by atoms with Crippen LogP contribution in [0.15, 0.2) is 15.2 Å². The summed E-state index contributed by atoms with van der Waals surface area (Å²) in [5.41, 5.74) is 1.85. The van der Waals surface area contributed by atoms with Gasteiger partial charge >= 0.3 is 0 Å². The maximum atomic E-state index is 5.72. The lowest BCUT2D eigenvalue weighted by atomic mass is 9.89. The molecule has 3 rings (SSSR count). The van der Waals surface area contributed by atoms with Crippen molar-refractivity contribution in [2.75, 3.05) is 31.1 Å². The van der Waals surface area contributed by atoms with Crippen LogP contribution in [0.3, 0.4) is 0 Å². The van der Waals surface area contributed by atoms with Crippen LogP contribution < -0.4 is 10.2 Å². The van der Waals surface area contributed by atoms with E-state index in [1.807, 2.05) is 6.92 Å². The Morgan fingerprint density at radius 3 is 2.62 bits per heavy atom. The van der Waals surface area contributed by atoms with E-state index in [1.54, 1.807) is 6.26 Å². The van der Waals surface area contributed by atoms with E-state index in [-0.39, 0.29) is 5.41 Å². The number of nitrogens with one attached hydrogen (secondary N) is 1. The first kappa shape index (κ1) is 14.1. The van der Waals surface area contributed by atoms with Crippen LogP contribution in [0.5, 0.6) is 0 Å². The van der Waals surface area contributed by atoms with E-state index in [0.717, 1.165) is 43.1 Å². The molecule has 0 aromatic carbocycles. The minimum atomic E-state index is -0.104. The molecule has 2 aromatic heterocycles. The van der Waals surface area contributed by atoms with Gasteiger partial charge in [0, 0.05) is 37.2 Å². The second kappa shape index (κ2) is 5.18. The van der Waals surface area contributed by atoms with Gasteiger partial charge in [-0.25, -0.2) is 0 Å². The molecule has 0 aliphatic carbocycles. The first-order chi connectivity index (χ1) is 9.97. The second-order valence-corrected chi connectivity index (χ2v) is 6.51. The smallest absolute Gasteiger partial charge is 0.266 e. The molecule has 6 nitrogen and oxygen atoms in total. The predicted octanol–water partition coefficient (Wildman–Crippen LogP) is 2.35. The molecule has 0 bridgehead atoms. The van der Waals surface area contributed by atoms with Crippen molar-refractivity contribution in [2.24, 2.45) is 0 Å². The summed E-state index contributed by atoms with van der Waals surface area (Å²) in [5, 5.41) is 7.44. The highest BCUT2D eigenvalue weighted by molar-refractivity contribution is 5.63. The van der Waals surface area contributed by atoms with Gasteiger partial charge < -0.3 is 19.2 Å². The highest BCUT2D eigenvalue weighted by Gasteiger charge is 2.28. The van der Waals surface area contributed by atoms with Crippen LogP contribution >= 0.6 is 0 Å². The van der Waals surface area contributed by atoms with Gasteiger partial charge in [0.05, 0.1) is 11.8 Å². The second-order valence-electron chi connectivity index (χ2n) is 6.51. The third-order valence-corrected chi connectivity index (χ3v) is 3.69. The number of piperazine rings is 1. The van der Waals surface area contributed by atoms with Gasteiger partial charge in [-0.05, 0) is 12.1 Å². The first-order valence-corrected chi connectivity index (χ1v) is 7.35. The van der Waals surface area contributed by atoms with Crippen molar-refractivity contribution in [2.45, 2.75) is 33.1 Å².